The van der Waals surface area contributed by atoms with Gasteiger partial charge < -0.3 is 9.67 Å². The van der Waals surface area contributed by atoms with Gasteiger partial charge in [-0.25, -0.2) is 15.0 Å². The summed E-state index contributed by atoms with van der Waals surface area (Å²) in [5, 5.41) is 15.9. The van der Waals surface area contributed by atoms with Crippen LogP contribution in [0.5, 0.6) is 0 Å². The molecule has 2 fully saturated rings. The molecule has 5 rings (SSSR count). The summed E-state index contributed by atoms with van der Waals surface area (Å²) in [5.41, 5.74) is 3.77. The summed E-state index contributed by atoms with van der Waals surface area (Å²) in [5.74, 6) is 0.397. The first-order valence-corrected chi connectivity index (χ1v) is 9.95. The Morgan fingerprint density at radius 1 is 1.15 bits per heavy atom. The second kappa shape index (κ2) is 6.80. The molecule has 137 valence electrons. The molecule has 2 aromatic rings. The highest BCUT2D eigenvalue weighted by molar-refractivity contribution is 5.68. The Labute approximate surface area is 155 Å². The van der Waals surface area contributed by atoms with Gasteiger partial charge in [-0.1, -0.05) is 24.3 Å². The molecule has 1 aromatic heterocycles. The number of hydrogen-bond acceptors (Lipinski definition) is 4. The Balaban J connectivity index is 1.26. The number of nitrogens with zero attached hydrogens (tertiary/aromatic N) is 4. The maximum absolute atomic E-state index is 11.0. The Morgan fingerprint density at radius 3 is 2.81 bits per heavy atom. The molecule has 4 heterocycles. The van der Waals surface area contributed by atoms with E-state index in [0.29, 0.717) is 5.92 Å². The number of aliphatic hydroxyl groups is 1. The fraction of sp³-hybridized carbons (Fsp3) is 0.524. The number of hydrazine groups is 1. The van der Waals surface area contributed by atoms with Gasteiger partial charge in [-0.2, -0.15) is 0 Å². The van der Waals surface area contributed by atoms with E-state index in [0.717, 1.165) is 38.9 Å². The summed E-state index contributed by atoms with van der Waals surface area (Å²) >= 11 is 0. The maximum atomic E-state index is 11.0. The van der Waals surface area contributed by atoms with Crippen LogP contribution in [0.3, 0.4) is 0 Å². The van der Waals surface area contributed by atoms with Crippen LogP contribution < -0.4 is 0 Å². The molecule has 3 aliphatic heterocycles. The SMILES string of the molecule is O[C@@H](CC1c2ccccc2-c2cncn21)C1CCN(N2[CH]CCC2)CC1. The molecule has 1 N–H and O–H groups in total. The van der Waals surface area contributed by atoms with Gasteiger partial charge in [-0.15, -0.1) is 0 Å². The lowest BCUT2D eigenvalue weighted by atomic mass is 9.87. The quantitative estimate of drug-likeness (QED) is 0.919. The summed E-state index contributed by atoms with van der Waals surface area (Å²) in [6.07, 6.45) is 9.02. The van der Waals surface area contributed by atoms with Crippen molar-refractivity contribution in [3.8, 4) is 11.3 Å². The fourth-order valence-electron chi connectivity index (χ4n) is 4.96. The van der Waals surface area contributed by atoms with Gasteiger partial charge in [0.1, 0.15) is 0 Å². The first-order chi connectivity index (χ1) is 12.8. The van der Waals surface area contributed by atoms with Crippen molar-refractivity contribution in [2.45, 2.75) is 44.2 Å². The van der Waals surface area contributed by atoms with Gasteiger partial charge in [-0.3, -0.25) is 0 Å². The van der Waals surface area contributed by atoms with E-state index in [-0.39, 0.29) is 12.1 Å². The fourth-order valence-corrected chi connectivity index (χ4v) is 4.96. The molecule has 0 aliphatic carbocycles. The van der Waals surface area contributed by atoms with Gasteiger partial charge in [0.2, 0.25) is 0 Å². The molecule has 3 aliphatic rings. The van der Waals surface area contributed by atoms with Gasteiger partial charge in [0.15, 0.2) is 0 Å². The highest BCUT2D eigenvalue weighted by Crippen LogP contribution is 2.42. The molecular weight excluding hydrogens is 324 g/mol. The second-order valence-corrected chi connectivity index (χ2v) is 7.87. The van der Waals surface area contributed by atoms with Gasteiger partial charge in [0, 0.05) is 31.7 Å². The number of rotatable bonds is 4. The number of benzene rings is 1. The van der Waals surface area contributed by atoms with E-state index in [4.69, 9.17) is 0 Å². The Bertz CT molecular complexity index is 759. The van der Waals surface area contributed by atoms with Gasteiger partial charge in [0.25, 0.3) is 0 Å². The molecular formula is C21H27N4O. The minimum atomic E-state index is -0.258. The number of piperidine rings is 1. The van der Waals surface area contributed by atoms with Gasteiger partial charge in [-0.05, 0) is 43.6 Å². The van der Waals surface area contributed by atoms with E-state index in [2.05, 4.69) is 50.4 Å². The average molecular weight is 351 g/mol. The maximum Gasteiger partial charge on any atom is 0.0956 e. The van der Waals surface area contributed by atoms with Crippen LogP contribution in [0.25, 0.3) is 11.3 Å². The summed E-state index contributed by atoms with van der Waals surface area (Å²) in [7, 11) is 0. The van der Waals surface area contributed by atoms with Crippen LogP contribution in [0.15, 0.2) is 36.8 Å². The van der Waals surface area contributed by atoms with Crippen LogP contribution in [-0.2, 0) is 0 Å². The molecule has 2 saturated heterocycles. The van der Waals surface area contributed by atoms with Crippen molar-refractivity contribution in [3.05, 3.63) is 48.9 Å². The van der Waals surface area contributed by atoms with Crippen LogP contribution in [0.1, 0.15) is 43.7 Å². The largest absolute Gasteiger partial charge is 0.393 e. The van der Waals surface area contributed by atoms with Crippen LogP contribution in [0.2, 0.25) is 0 Å². The molecule has 0 saturated carbocycles. The third kappa shape index (κ3) is 2.79. The smallest absolute Gasteiger partial charge is 0.0956 e. The van der Waals surface area contributed by atoms with Crippen molar-refractivity contribution in [2.75, 3.05) is 19.6 Å². The number of aromatic nitrogens is 2. The van der Waals surface area contributed by atoms with Crippen LogP contribution in [0, 0.1) is 12.5 Å². The second-order valence-electron chi connectivity index (χ2n) is 7.87. The van der Waals surface area contributed by atoms with Crippen molar-refractivity contribution >= 4 is 0 Å². The van der Waals surface area contributed by atoms with E-state index in [1.807, 2.05) is 12.5 Å². The first-order valence-electron chi connectivity index (χ1n) is 9.95. The Kier molecular flexibility index (Phi) is 4.31. The molecule has 5 nitrogen and oxygen atoms in total. The highest BCUT2D eigenvalue weighted by Gasteiger charge is 2.34. The normalized spacial score (nSPS) is 25.3. The molecule has 2 atom stereocenters. The molecule has 5 heteroatoms. The monoisotopic (exact) mass is 351 g/mol. The van der Waals surface area contributed by atoms with E-state index in [1.165, 1.54) is 29.7 Å². The van der Waals surface area contributed by atoms with Crippen molar-refractivity contribution in [3.63, 3.8) is 0 Å². The molecule has 0 amide bonds. The van der Waals surface area contributed by atoms with E-state index in [9.17, 15) is 5.11 Å². The lowest BCUT2D eigenvalue weighted by Crippen LogP contribution is -2.46. The standard InChI is InChI=1S/C21H27N4O/c26-21(16-7-11-24(12-8-16)23-9-3-4-10-23)13-19-17-5-1-2-6-18(17)20-14-22-15-25(19)20/h1-2,5-6,9,14-16,19,21,26H,3-4,7-8,10-13H2/t19?,21-/m0/s1. The molecule has 0 bridgehead atoms. The molecule has 0 spiro atoms. The first kappa shape index (κ1) is 16.5. The zero-order chi connectivity index (χ0) is 17.5. The van der Waals surface area contributed by atoms with Gasteiger partial charge in [0.05, 0.1) is 30.4 Å². The minimum Gasteiger partial charge on any atom is -0.393 e. The van der Waals surface area contributed by atoms with E-state index in [1.54, 1.807) is 0 Å². The van der Waals surface area contributed by atoms with Crippen molar-refractivity contribution in [2.24, 2.45) is 5.92 Å². The zero-order valence-electron chi connectivity index (χ0n) is 15.2. The summed E-state index contributed by atoms with van der Waals surface area (Å²) in [6, 6.07) is 8.76. The van der Waals surface area contributed by atoms with Crippen LogP contribution >= 0.6 is 0 Å². The number of fused-ring (bicyclic) bond motifs is 3. The lowest BCUT2D eigenvalue weighted by Gasteiger charge is -2.39. The topological polar surface area (TPSA) is 44.5 Å². The predicted molar refractivity (Wildman–Crippen MR) is 101 cm³/mol. The zero-order valence-corrected chi connectivity index (χ0v) is 15.2. The summed E-state index contributed by atoms with van der Waals surface area (Å²) in [4.78, 5) is 4.33. The van der Waals surface area contributed by atoms with E-state index < -0.39 is 0 Å². The van der Waals surface area contributed by atoms with Crippen molar-refractivity contribution < 1.29 is 5.11 Å². The number of hydrogen-bond donors (Lipinski definition) is 1. The Hall–Kier alpha value is -1.69. The minimum absolute atomic E-state index is 0.212. The highest BCUT2D eigenvalue weighted by atomic mass is 16.3. The lowest BCUT2D eigenvalue weighted by molar-refractivity contribution is -0.0362. The van der Waals surface area contributed by atoms with Crippen LogP contribution in [0.4, 0.5) is 0 Å². The predicted octanol–water partition coefficient (Wildman–Crippen LogP) is 3.09. The summed E-state index contributed by atoms with van der Waals surface area (Å²) in [6.45, 7) is 5.62. The average Bonchev–Trinajstić information content (AvgIpc) is 3.41. The number of imidazole rings is 1. The van der Waals surface area contributed by atoms with Crippen molar-refractivity contribution in [1.29, 1.82) is 0 Å². The summed E-state index contributed by atoms with van der Waals surface area (Å²) < 4.78 is 2.24. The third-order valence-corrected chi connectivity index (χ3v) is 6.42. The molecule has 1 aromatic carbocycles. The Morgan fingerprint density at radius 2 is 2.00 bits per heavy atom. The van der Waals surface area contributed by atoms with Crippen LogP contribution in [-0.4, -0.2) is 50.4 Å². The molecule has 26 heavy (non-hydrogen) atoms. The van der Waals surface area contributed by atoms with E-state index >= 15 is 0 Å². The molecule has 1 radical (unpaired) electrons. The molecule has 1 unspecified atom stereocenters. The third-order valence-electron chi connectivity index (χ3n) is 6.42. The number of aliphatic hydroxyl groups excluding tert-OH is 1. The van der Waals surface area contributed by atoms with Crippen molar-refractivity contribution in [1.82, 2.24) is 19.6 Å². The van der Waals surface area contributed by atoms with Gasteiger partial charge >= 0.3 is 0 Å².